The van der Waals surface area contributed by atoms with Gasteiger partial charge < -0.3 is 8.83 Å². The van der Waals surface area contributed by atoms with Crippen molar-refractivity contribution in [3.8, 4) is 56.4 Å². The first kappa shape index (κ1) is 22.7. The molecule has 3 aromatic heterocycles. The van der Waals surface area contributed by atoms with Gasteiger partial charge in [-0.05, 0) is 64.6 Å². The van der Waals surface area contributed by atoms with Gasteiger partial charge in [0.25, 0.3) is 0 Å². The van der Waals surface area contributed by atoms with Crippen molar-refractivity contribution in [3.05, 3.63) is 164 Å². The molecule has 0 N–H and O–H groups in total. The van der Waals surface area contributed by atoms with Gasteiger partial charge in [0.15, 0.2) is 17.5 Å². The van der Waals surface area contributed by atoms with Crippen molar-refractivity contribution in [1.29, 1.82) is 0 Å². The van der Waals surface area contributed by atoms with Crippen molar-refractivity contribution in [2.75, 3.05) is 0 Å². The molecule has 10 aromatic rings. The van der Waals surface area contributed by atoms with Crippen molar-refractivity contribution < 1.29 is 17.1 Å². The lowest BCUT2D eigenvalue weighted by Gasteiger charge is -2.10. The number of para-hydroxylation sites is 1. The highest BCUT2D eigenvalue weighted by molar-refractivity contribution is 6.13. The molecule has 0 saturated carbocycles. The number of nitrogens with zero attached hydrogens (tertiary/aromatic N) is 3. The Balaban J connectivity index is 1.24. The van der Waals surface area contributed by atoms with Crippen LogP contribution in [-0.4, -0.2) is 15.0 Å². The largest absolute Gasteiger partial charge is 0.456 e. The molecule has 0 spiro atoms. The van der Waals surface area contributed by atoms with E-state index in [1.54, 1.807) is 24.3 Å². The van der Waals surface area contributed by atoms with E-state index < -0.39 is 0 Å². The van der Waals surface area contributed by atoms with Crippen LogP contribution in [-0.2, 0) is 0 Å². The molecule has 0 radical (unpaired) electrons. The lowest BCUT2D eigenvalue weighted by Crippen LogP contribution is -2.00. The second kappa shape index (κ2) is 11.4. The summed E-state index contributed by atoms with van der Waals surface area (Å²) in [5, 5.41) is 2.26. The van der Waals surface area contributed by atoms with Gasteiger partial charge >= 0.3 is 0 Å². The highest BCUT2D eigenvalue weighted by atomic mass is 16.3. The predicted molar refractivity (Wildman–Crippen MR) is 202 cm³/mol. The van der Waals surface area contributed by atoms with E-state index in [0.29, 0.717) is 33.7 Å². The van der Waals surface area contributed by atoms with Crippen LogP contribution >= 0.6 is 0 Å². The maximum absolute atomic E-state index is 9.50. The topological polar surface area (TPSA) is 65.0 Å². The average molecular weight is 648 g/mol. The van der Waals surface area contributed by atoms with Gasteiger partial charge in [0.2, 0.25) is 0 Å². The van der Waals surface area contributed by atoms with E-state index in [-0.39, 0.29) is 75.4 Å². The predicted octanol–water partition coefficient (Wildman–Crippen LogP) is 12.0. The van der Waals surface area contributed by atoms with Gasteiger partial charge in [-0.1, -0.05) is 121 Å². The fourth-order valence-electron chi connectivity index (χ4n) is 6.46. The summed E-state index contributed by atoms with van der Waals surface area (Å²) in [5.41, 5.74) is 5.35. The molecule has 0 amide bonds. The molecule has 234 valence electrons. The molecular formula is C45H27N3O2. The van der Waals surface area contributed by atoms with Gasteiger partial charge in [0.05, 0.1) is 8.22 Å². The van der Waals surface area contributed by atoms with Gasteiger partial charge in [0.1, 0.15) is 22.3 Å². The Morgan fingerprint density at radius 1 is 0.400 bits per heavy atom. The van der Waals surface area contributed by atoms with Gasteiger partial charge in [-0.2, -0.15) is 0 Å². The van der Waals surface area contributed by atoms with Crippen molar-refractivity contribution >= 4 is 43.9 Å². The maximum atomic E-state index is 9.50. The highest BCUT2D eigenvalue weighted by Crippen LogP contribution is 2.39. The maximum Gasteiger partial charge on any atom is 0.164 e. The molecule has 0 unspecified atom stereocenters. The Morgan fingerprint density at radius 3 is 1.86 bits per heavy atom. The first-order valence-electron chi connectivity index (χ1n) is 19.1. The fraction of sp³-hybridized carbons (Fsp3) is 0. The highest BCUT2D eigenvalue weighted by Gasteiger charge is 2.18. The third kappa shape index (κ3) is 4.75. The van der Waals surface area contributed by atoms with Gasteiger partial charge in [-0.3, -0.25) is 0 Å². The molecule has 0 aliphatic heterocycles. The minimum atomic E-state index is -0.342. The van der Waals surface area contributed by atoms with Crippen LogP contribution in [0.4, 0.5) is 0 Å². The summed E-state index contributed by atoms with van der Waals surface area (Å²) in [5.74, 6) is 0.549. The Morgan fingerprint density at radius 2 is 1.04 bits per heavy atom. The summed E-state index contributed by atoms with van der Waals surface area (Å²) in [6, 6.07) is 38.4. The van der Waals surface area contributed by atoms with E-state index >= 15 is 0 Å². The van der Waals surface area contributed by atoms with Crippen LogP contribution in [0.5, 0.6) is 0 Å². The van der Waals surface area contributed by atoms with Crippen LogP contribution in [0.2, 0.25) is 0 Å². The van der Waals surface area contributed by atoms with Crippen molar-refractivity contribution in [1.82, 2.24) is 15.0 Å². The number of aromatic nitrogens is 3. The molecule has 7 aromatic carbocycles. The lowest BCUT2D eigenvalue weighted by molar-refractivity contribution is 0.668. The van der Waals surface area contributed by atoms with Crippen LogP contribution in [0.25, 0.3) is 100 Å². The van der Waals surface area contributed by atoms with E-state index in [0.717, 1.165) is 27.5 Å². The first-order chi connectivity index (χ1) is 27.3. The van der Waals surface area contributed by atoms with Gasteiger partial charge in [0, 0.05) is 38.2 Å². The SMILES string of the molecule is [2H]c1c([2H])c(-c2ccccc2)c2c(oc3c([2H])c(-c4nc(-c5cccc(-c6ccccc6)c5)nc(-c5ccc6c(c5)oc5ccccc56)n4)c([2H])c([2H])c32)c1[2H]. The minimum absolute atomic E-state index is 0.0117. The van der Waals surface area contributed by atoms with E-state index in [2.05, 4.69) is 0 Å². The van der Waals surface area contributed by atoms with Crippen LogP contribution in [0, 0.1) is 0 Å². The molecule has 50 heavy (non-hydrogen) atoms. The summed E-state index contributed by atoms with van der Waals surface area (Å²) in [6.07, 6.45) is 0. The number of benzene rings is 7. The lowest BCUT2D eigenvalue weighted by atomic mass is 9.99. The average Bonchev–Trinajstić information content (AvgIpc) is 3.82. The summed E-state index contributed by atoms with van der Waals surface area (Å²) in [4.78, 5) is 14.6. The minimum Gasteiger partial charge on any atom is -0.456 e. The summed E-state index contributed by atoms with van der Waals surface area (Å²) >= 11 is 0. The molecule has 10 rings (SSSR count). The third-order valence-corrected chi connectivity index (χ3v) is 8.86. The third-order valence-electron chi connectivity index (χ3n) is 8.86. The summed E-state index contributed by atoms with van der Waals surface area (Å²) in [7, 11) is 0. The second-order valence-corrected chi connectivity index (χ2v) is 11.9. The Hall–Kier alpha value is -6.85. The number of hydrogen-bond acceptors (Lipinski definition) is 5. The quantitative estimate of drug-likeness (QED) is 0.186. The molecule has 0 aliphatic carbocycles. The van der Waals surface area contributed by atoms with E-state index in [1.807, 2.05) is 103 Å². The van der Waals surface area contributed by atoms with Crippen LogP contribution in [0.3, 0.4) is 0 Å². The zero-order valence-corrected chi connectivity index (χ0v) is 26.3. The molecule has 0 aliphatic rings. The number of hydrogen-bond donors (Lipinski definition) is 0. The summed E-state index contributed by atoms with van der Waals surface area (Å²) in [6.45, 7) is 0. The van der Waals surface area contributed by atoms with E-state index in [9.17, 15) is 4.11 Å². The van der Waals surface area contributed by atoms with Crippen molar-refractivity contribution in [3.63, 3.8) is 0 Å². The van der Waals surface area contributed by atoms with Gasteiger partial charge in [-0.25, -0.2) is 15.0 Å². The molecule has 0 bridgehead atoms. The fourth-order valence-corrected chi connectivity index (χ4v) is 6.46. The van der Waals surface area contributed by atoms with Crippen molar-refractivity contribution in [2.45, 2.75) is 0 Å². The normalized spacial score (nSPS) is 13.3. The molecular weight excluding hydrogens is 615 g/mol. The molecule has 3 heterocycles. The van der Waals surface area contributed by atoms with Crippen LogP contribution in [0.15, 0.2) is 172 Å². The smallest absolute Gasteiger partial charge is 0.164 e. The number of fused-ring (bicyclic) bond motifs is 6. The second-order valence-electron chi connectivity index (χ2n) is 11.9. The Bertz CT molecular complexity index is 3220. The molecule has 5 heteroatoms. The van der Waals surface area contributed by atoms with Crippen LogP contribution < -0.4 is 0 Å². The molecule has 0 fully saturated rings. The van der Waals surface area contributed by atoms with Gasteiger partial charge in [-0.15, -0.1) is 0 Å². The molecule has 0 atom stereocenters. The monoisotopic (exact) mass is 647 g/mol. The van der Waals surface area contributed by atoms with Crippen molar-refractivity contribution in [2.24, 2.45) is 0 Å². The zero-order valence-electron chi connectivity index (χ0n) is 32.3. The zero-order chi connectivity index (χ0) is 38.2. The molecule has 0 saturated heterocycles. The number of rotatable bonds is 5. The molecule has 5 nitrogen and oxygen atoms in total. The summed E-state index contributed by atoms with van der Waals surface area (Å²) < 4.78 is 66.8. The van der Waals surface area contributed by atoms with E-state index in [4.69, 9.17) is 27.9 Å². The Kier molecular flexibility index (Phi) is 5.17. The van der Waals surface area contributed by atoms with E-state index in [1.165, 1.54) is 0 Å². The standard InChI is InChI=1S/C45H27N3O2/c1-3-11-28(12-4-1)30-15-9-16-31(25-30)43-46-44(32-21-23-36-35-17-7-8-19-38(35)49-40(36)26-32)48-45(47-43)33-22-24-37-41(27-33)50-39-20-10-18-34(42(37)39)29-13-5-2-6-14-29/h1-27H/i10D,18D,20D,22D,24D,27D. The first-order valence-corrected chi connectivity index (χ1v) is 16.1. The Labute approximate surface area is 295 Å². The van der Waals surface area contributed by atoms with Crippen LogP contribution in [0.1, 0.15) is 8.22 Å². The number of furan rings is 2.